The average molecular weight is 387 g/mol. The lowest BCUT2D eigenvalue weighted by Gasteiger charge is -2.19. The van der Waals surface area contributed by atoms with E-state index in [0.29, 0.717) is 16.7 Å². The van der Waals surface area contributed by atoms with E-state index in [2.05, 4.69) is 4.98 Å². The van der Waals surface area contributed by atoms with Crippen LogP contribution < -0.4 is 0 Å². The van der Waals surface area contributed by atoms with E-state index in [4.69, 9.17) is 16.8 Å². The van der Waals surface area contributed by atoms with Crippen LogP contribution in [0.1, 0.15) is 38.5 Å². The van der Waals surface area contributed by atoms with Crippen LogP contribution in [-0.4, -0.2) is 4.98 Å². The number of aromatic nitrogens is 1. The van der Waals surface area contributed by atoms with Gasteiger partial charge in [-0.2, -0.15) is 0 Å². The Morgan fingerprint density at radius 1 is 0.793 bits per heavy atom. The van der Waals surface area contributed by atoms with Gasteiger partial charge in [0.1, 0.15) is 11.2 Å². The second kappa shape index (κ2) is 6.59. The molecule has 2 heteroatoms. The zero-order chi connectivity index (χ0) is 27.5. The van der Waals surface area contributed by atoms with Gasteiger partial charge in [0.25, 0.3) is 0 Å². The van der Waals surface area contributed by atoms with E-state index in [1.54, 1.807) is 12.1 Å². The van der Waals surface area contributed by atoms with Crippen molar-refractivity contribution >= 4 is 21.9 Å². The summed E-state index contributed by atoms with van der Waals surface area (Å²) >= 11 is 0. The Morgan fingerprint density at radius 3 is 2.48 bits per heavy atom. The Labute approximate surface area is 183 Å². The molecule has 0 amide bonds. The van der Waals surface area contributed by atoms with E-state index in [-0.39, 0.29) is 11.3 Å². The number of furan rings is 1. The van der Waals surface area contributed by atoms with Crippen molar-refractivity contribution in [3.63, 3.8) is 0 Å². The summed E-state index contributed by atoms with van der Waals surface area (Å²) in [6.45, 7) is -10.1. The van der Waals surface area contributed by atoms with Gasteiger partial charge in [0.15, 0.2) is 0 Å². The number of fused-ring (bicyclic) bond motifs is 3. The summed E-state index contributed by atoms with van der Waals surface area (Å²) in [5, 5.41) is 1.65. The molecule has 0 unspecified atom stereocenters. The summed E-state index contributed by atoms with van der Waals surface area (Å²) in [6, 6.07) is 23.5. The first kappa shape index (κ1) is 10.4. The van der Waals surface area contributed by atoms with Crippen molar-refractivity contribution in [2.45, 2.75) is 26.0 Å². The molecule has 0 atom stereocenters. The fourth-order valence-electron chi connectivity index (χ4n) is 3.62. The number of para-hydroxylation sites is 1. The molecule has 0 aliphatic heterocycles. The van der Waals surface area contributed by atoms with E-state index in [1.165, 1.54) is 12.3 Å². The fraction of sp³-hybridized carbons (Fsp3) is 0.148. The molecule has 5 rings (SSSR count). The number of benzene rings is 3. The lowest BCUT2D eigenvalue weighted by molar-refractivity contribution is 0.589. The lowest BCUT2D eigenvalue weighted by atomic mass is 9.87. The molecule has 2 aromatic heterocycles. The number of hydrogen-bond acceptors (Lipinski definition) is 2. The smallest absolute Gasteiger partial charge is 0.144 e. The standard InChI is InChI=1S/C27H23NO/c1-27(2,3)20-14-15-28-24(17-20)23-11-7-10-22-21-13-12-19(16-25(21)29-26(22)23)18-8-5-4-6-9-18/h4-17H,1-3H3/i1D3,2D3,3D3. The normalized spacial score (nSPS) is 17.9. The maximum Gasteiger partial charge on any atom is 0.144 e. The zero-order valence-electron chi connectivity index (χ0n) is 24.4. The highest BCUT2D eigenvalue weighted by Gasteiger charge is 2.17. The molecule has 0 saturated carbocycles. The Morgan fingerprint density at radius 2 is 1.66 bits per heavy atom. The van der Waals surface area contributed by atoms with Crippen LogP contribution in [0.3, 0.4) is 0 Å². The maximum atomic E-state index is 8.03. The molecule has 0 radical (unpaired) electrons. The molecule has 0 aliphatic carbocycles. The van der Waals surface area contributed by atoms with E-state index in [0.717, 1.165) is 28.0 Å². The van der Waals surface area contributed by atoms with Gasteiger partial charge in [0.05, 0.1) is 5.69 Å². The van der Waals surface area contributed by atoms with Crippen molar-refractivity contribution in [1.29, 1.82) is 0 Å². The van der Waals surface area contributed by atoms with Crippen molar-refractivity contribution in [3.05, 3.63) is 90.6 Å². The molecular weight excluding hydrogens is 354 g/mol. The largest absolute Gasteiger partial charge is 0.455 e. The quantitative estimate of drug-likeness (QED) is 0.312. The first-order valence-electron chi connectivity index (χ1n) is 13.7. The van der Waals surface area contributed by atoms with Crippen LogP contribution in [0.15, 0.2) is 89.5 Å². The Balaban J connectivity index is 1.72. The third kappa shape index (κ3) is 3.11. The lowest BCUT2D eigenvalue weighted by Crippen LogP contribution is -2.11. The molecule has 0 N–H and O–H groups in total. The van der Waals surface area contributed by atoms with Gasteiger partial charge < -0.3 is 4.42 Å². The van der Waals surface area contributed by atoms with Gasteiger partial charge >= 0.3 is 0 Å². The van der Waals surface area contributed by atoms with Gasteiger partial charge in [0, 0.05) is 34.9 Å². The first-order valence-corrected chi connectivity index (χ1v) is 9.23. The molecule has 0 saturated heterocycles. The van der Waals surface area contributed by atoms with Gasteiger partial charge in [-0.25, -0.2) is 0 Å². The Hall–Kier alpha value is -3.39. The van der Waals surface area contributed by atoms with Crippen molar-refractivity contribution in [2.75, 3.05) is 0 Å². The van der Waals surface area contributed by atoms with Gasteiger partial charge in [0.2, 0.25) is 0 Å². The highest BCUT2D eigenvalue weighted by Crippen LogP contribution is 2.37. The van der Waals surface area contributed by atoms with Crippen molar-refractivity contribution in [3.8, 4) is 22.4 Å². The van der Waals surface area contributed by atoms with Gasteiger partial charge in [-0.15, -0.1) is 0 Å². The zero-order valence-corrected chi connectivity index (χ0v) is 15.4. The number of pyridine rings is 1. The fourth-order valence-corrected chi connectivity index (χ4v) is 3.62. The maximum absolute atomic E-state index is 8.03. The third-order valence-electron chi connectivity index (χ3n) is 5.07. The van der Waals surface area contributed by atoms with E-state index in [9.17, 15) is 0 Å². The van der Waals surface area contributed by atoms with E-state index < -0.39 is 26.0 Å². The van der Waals surface area contributed by atoms with Gasteiger partial charge in [-0.05, 0) is 52.4 Å². The van der Waals surface area contributed by atoms with Crippen molar-refractivity contribution in [2.24, 2.45) is 0 Å². The minimum Gasteiger partial charge on any atom is -0.455 e. The number of hydrogen-bond donors (Lipinski definition) is 0. The molecule has 0 bridgehead atoms. The highest BCUT2D eigenvalue weighted by molar-refractivity contribution is 6.10. The summed E-state index contributed by atoms with van der Waals surface area (Å²) in [4.78, 5) is 4.34. The predicted octanol–water partition coefficient (Wildman–Crippen LogP) is 7.61. The predicted molar refractivity (Wildman–Crippen MR) is 121 cm³/mol. The topological polar surface area (TPSA) is 26.0 Å². The summed E-state index contributed by atoms with van der Waals surface area (Å²) < 4.78 is 78.5. The molecule has 2 heterocycles. The second-order valence-corrected chi connectivity index (χ2v) is 7.04. The minimum absolute atomic E-state index is 0.206. The molecule has 2 nitrogen and oxygen atoms in total. The second-order valence-electron chi connectivity index (χ2n) is 7.04. The van der Waals surface area contributed by atoms with Gasteiger partial charge in [-0.1, -0.05) is 69.1 Å². The summed E-state index contributed by atoms with van der Waals surface area (Å²) in [5.41, 5.74) is 0.316. The van der Waals surface area contributed by atoms with E-state index >= 15 is 0 Å². The van der Waals surface area contributed by atoms with E-state index in [1.807, 2.05) is 54.6 Å². The SMILES string of the molecule is [2H]C([2H])([2H])C(c1ccnc(-c2cccc3c2oc2cc(-c4ccccc4)ccc23)c1)(C([2H])([2H])[2H])C([2H])([2H])[2H]. The molecule has 0 spiro atoms. The molecule has 29 heavy (non-hydrogen) atoms. The van der Waals surface area contributed by atoms with Crippen molar-refractivity contribution in [1.82, 2.24) is 4.98 Å². The average Bonchev–Trinajstić information content (AvgIpc) is 3.20. The van der Waals surface area contributed by atoms with Crippen molar-refractivity contribution < 1.29 is 16.8 Å². The third-order valence-corrected chi connectivity index (χ3v) is 5.07. The first-order chi connectivity index (χ1) is 17.8. The molecule has 0 fully saturated rings. The van der Waals surface area contributed by atoms with Crippen LogP contribution >= 0.6 is 0 Å². The number of rotatable bonds is 2. The monoisotopic (exact) mass is 386 g/mol. The summed E-state index contributed by atoms with van der Waals surface area (Å²) in [5.74, 6) is 0. The highest BCUT2D eigenvalue weighted by atomic mass is 16.3. The Kier molecular flexibility index (Phi) is 2.37. The van der Waals surface area contributed by atoms with Crippen LogP contribution in [0.4, 0.5) is 0 Å². The molecule has 3 aromatic carbocycles. The summed E-state index contributed by atoms with van der Waals surface area (Å²) in [6.07, 6.45) is 1.23. The summed E-state index contributed by atoms with van der Waals surface area (Å²) in [7, 11) is 0. The number of nitrogens with zero attached hydrogens (tertiary/aromatic N) is 1. The molecule has 0 aliphatic rings. The van der Waals surface area contributed by atoms with Gasteiger partial charge in [-0.3, -0.25) is 4.98 Å². The molecule has 142 valence electrons. The minimum atomic E-state index is -3.36. The van der Waals surface area contributed by atoms with Crippen LogP contribution in [0.25, 0.3) is 44.3 Å². The van der Waals surface area contributed by atoms with Crippen LogP contribution in [-0.2, 0) is 5.41 Å². The Bertz CT molecular complexity index is 1590. The van der Waals surface area contributed by atoms with Crippen LogP contribution in [0, 0.1) is 0 Å². The van der Waals surface area contributed by atoms with Crippen LogP contribution in [0.5, 0.6) is 0 Å². The van der Waals surface area contributed by atoms with Crippen LogP contribution in [0.2, 0.25) is 0 Å². The molecular formula is C27H23NO. The molecule has 5 aromatic rings.